The summed E-state index contributed by atoms with van der Waals surface area (Å²) in [6.45, 7) is 0.538. The smallest absolute Gasteiger partial charge is 0.231 e. The van der Waals surface area contributed by atoms with Crippen molar-refractivity contribution in [3.05, 3.63) is 47.5 Å². The fourth-order valence-corrected chi connectivity index (χ4v) is 5.06. The Hall–Kier alpha value is -2.16. The lowest BCUT2D eigenvalue weighted by molar-refractivity contribution is 0.122. The van der Waals surface area contributed by atoms with Crippen LogP contribution in [0.25, 0.3) is 0 Å². The average molecular weight is 402 g/mol. The Kier molecular flexibility index (Phi) is 4.07. The van der Waals surface area contributed by atoms with Gasteiger partial charge in [-0.2, -0.15) is 0 Å². The fraction of sp³-hybridized carbons (Fsp3) is 0.316. The van der Waals surface area contributed by atoms with Crippen molar-refractivity contribution in [1.29, 1.82) is 0 Å². The third-order valence-corrected chi connectivity index (χ3v) is 6.89. The van der Waals surface area contributed by atoms with Crippen molar-refractivity contribution in [2.45, 2.75) is 11.5 Å². The standard InChI is InChI=1S/C19H18N2O4S2/c1-20-17(11-3-5-13-15(7-11)24-9-22-13)21(2)19(26)27-18(20)12-4-6-14-16(8-12)25-10-23-14/h3-8,17-18H,9-10H2,1-2H3. The summed E-state index contributed by atoms with van der Waals surface area (Å²) in [7, 11) is 4.13. The van der Waals surface area contributed by atoms with Crippen LogP contribution in [0.1, 0.15) is 22.7 Å². The van der Waals surface area contributed by atoms with Gasteiger partial charge in [0, 0.05) is 7.05 Å². The molecular formula is C19H18N2O4S2. The summed E-state index contributed by atoms with van der Waals surface area (Å²) in [4.78, 5) is 4.41. The second-order valence-corrected chi connectivity index (χ2v) is 8.33. The number of fused-ring (bicyclic) bond motifs is 2. The maximum atomic E-state index is 5.68. The Morgan fingerprint density at radius 3 is 2.07 bits per heavy atom. The second kappa shape index (κ2) is 6.47. The highest BCUT2D eigenvalue weighted by Crippen LogP contribution is 2.48. The van der Waals surface area contributed by atoms with Gasteiger partial charge in [-0.15, -0.1) is 0 Å². The van der Waals surface area contributed by atoms with Crippen molar-refractivity contribution in [3.63, 3.8) is 0 Å². The molecule has 2 atom stereocenters. The van der Waals surface area contributed by atoms with Crippen LogP contribution >= 0.6 is 24.0 Å². The summed E-state index contributed by atoms with van der Waals surface area (Å²) in [5.74, 6) is 3.13. The number of thiocarbonyl (C=S) groups is 1. The van der Waals surface area contributed by atoms with Gasteiger partial charge in [0.2, 0.25) is 13.6 Å². The van der Waals surface area contributed by atoms with Gasteiger partial charge >= 0.3 is 0 Å². The fourth-order valence-electron chi connectivity index (χ4n) is 3.67. The molecule has 1 saturated heterocycles. The zero-order valence-electron chi connectivity index (χ0n) is 14.9. The first-order chi connectivity index (χ1) is 13.1. The number of rotatable bonds is 2. The molecule has 0 spiro atoms. The lowest BCUT2D eigenvalue weighted by Crippen LogP contribution is -2.45. The van der Waals surface area contributed by atoms with E-state index >= 15 is 0 Å². The first-order valence-corrected chi connectivity index (χ1v) is 9.85. The largest absolute Gasteiger partial charge is 0.454 e. The van der Waals surface area contributed by atoms with Crippen molar-refractivity contribution in [2.75, 3.05) is 27.7 Å². The van der Waals surface area contributed by atoms with Gasteiger partial charge in [0.15, 0.2) is 23.0 Å². The molecule has 2 aromatic rings. The van der Waals surface area contributed by atoms with E-state index in [1.807, 2.05) is 31.3 Å². The maximum Gasteiger partial charge on any atom is 0.231 e. The van der Waals surface area contributed by atoms with E-state index < -0.39 is 0 Å². The van der Waals surface area contributed by atoms with Gasteiger partial charge in [0.25, 0.3) is 0 Å². The van der Waals surface area contributed by atoms with Crippen molar-refractivity contribution in [3.8, 4) is 23.0 Å². The first-order valence-electron chi connectivity index (χ1n) is 8.56. The van der Waals surface area contributed by atoms with Crippen LogP contribution in [0.5, 0.6) is 23.0 Å². The van der Waals surface area contributed by atoms with E-state index in [9.17, 15) is 0 Å². The van der Waals surface area contributed by atoms with Crippen LogP contribution in [-0.4, -0.2) is 41.8 Å². The molecule has 0 amide bonds. The zero-order valence-corrected chi connectivity index (χ0v) is 16.5. The van der Waals surface area contributed by atoms with E-state index in [0.717, 1.165) is 38.4 Å². The normalized spacial score (nSPS) is 23.8. The van der Waals surface area contributed by atoms with E-state index in [4.69, 9.17) is 31.2 Å². The van der Waals surface area contributed by atoms with Crippen LogP contribution < -0.4 is 18.9 Å². The van der Waals surface area contributed by atoms with E-state index in [0.29, 0.717) is 0 Å². The highest BCUT2D eigenvalue weighted by atomic mass is 32.2. The Labute approximate surface area is 166 Å². The van der Waals surface area contributed by atoms with Gasteiger partial charge < -0.3 is 23.8 Å². The Balaban J connectivity index is 1.51. The van der Waals surface area contributed by atoms with E-state index in [-0.39, 0.29) is 25.1 Å². The van der Waals surface area contributed by atoms with Crippen LogP contribution in [0, 0.1) is 0 Å². The monoisotopic (exact) mass is 402 g/mol. The van der Waals surface area contributed by atoms with Crippen molar-refractivity contribution < 1.29 is 18.9 Å². The molecule has 0 aliphatic carbocycles. The SMILES string of the molecule is CN1C(=S)SC(c2ccc3c(c2)OCO3)N(C)C1c1ccc2c(c1)OCO2. The summed E-state index contributed by atoms with van der Waals surface area (Å²) in [6.07, 6.45) is -0.0105. The Morgan fingerprint density at radius 2 is 1.41 bits per heavy atom. The van der Waals surface area contributed by atoms with Gasteiger partial charge in [-0.05, 0) is 42.4 Å². The number of thioether (sulfide) groups is 1. The molecule has 3 heterocycles. The van der Waals surface area contributed by atoms with E-state index in [2.05, 4.69) is 29.0 Å². The highest BCUT2D eigenvalue weighted by molar-refractivity contribution is 8.23. The molecule has 0 N–H and O–H groups in total. The maximum absolute atomic E-state index is 5.68. The molecule has 27 heavy (non-hydrogen) atoms. The summed E-state index contributed by atoms with van der Waals surface area (Å²) in [6, 6.07) is 12.1. The number of hydrogen-bond acceptors (Lipinski definition) is 7. The topological polar surface area (TPSA) is 43.4 Å². The molecule has 3 aliphatic rings. The molecule has 0 saturated carbocycles. The van der Waals surface area contributed by atoms with Crippen LogP contribution in [-0.2, 0) is 0 Å². The second-order valence-electron chi connectivity index (χ2n) is 6.61. The molecule has 2 aromatic carbocycles. The van der Waals surface area contributed by atoms with Crippen molar-refractivity contribution >= 4 is 28.3 Å². The molecule has 140 valence electrons. The van der Waals surface area contributed by atoms with Crippen LogP contribution in [0.15, 0.2) is 36.4 Å². The molecule has 2 unspecified atom stereocenters. The number of hydrogen-bond donors (Lipinski definition) is 0. The van der Waals surface area contributed by atoms with Crippen LogP contribution in [0.3, 0.4) is 0 Å². The van der Waals surface area contributed by atoms with E-state index in [1.54, 1.807) is 11.8 Å². The predicted molar refractivity (Wildman–Crippen MR) is 106 cm³/mol. The summed E-state index contributed by atoms with van der Waals surface area (Å²) in [5.41, 5.74) is 2.24. The van der Waals surface area contributed by atoms with Gasteiger partial charge in [-0.25, -0.2) is 0 Å². The lowest BCUT2D eigenvalue weighted by Gasteiger charge is -2.46. The third kappa shape index (κ3) is 2.79. The quantitative estimate of drug-likeness (QED) is 0.704. The number of benzene rings is 2. The molecule has 8 heteroatoms. The molecule has 1 fully saturated rings. The summed E-state index contributed by atoms with van der Waals surface area (Å²) in [5, 5.41) is 0.0682. The molecule has 5 rings (SSSR count). The minimum absolute atomic E-state index is 0.0105. The molecule has 0 aromatic heterocycles. The Morgan fingerprint density at radius 1 is 0.852 bits per heavy atom. The van der Waals surface area contributed by atoms with Gasteiger partial charge in [0.05, 0.1) is 5.37 Å². The average Bonchev–Trinajstić information content (AvgIpc) is 3.32. The zero-order chi connectivity index (χ0) is 18.5. The minimum atomic E-state index is -0.0105. The number of ether oxygens (including phenoxy) is 4. The summed E-state index contributed by atoms with van der Waals surface area (Å²) >= 11 is 7.34. The van der Waals surface area contributed by atoms with Gasteiger partial charge in [-0.3, -0.25) is 4.90 Å². The Bertz CT molecular complexity index is 923. The predicted octanol–water partition coefficient (Wildman–Crippen LogP) is 3.74. The van der Waals surface area contributed by atoms with Crippen molar-refractivity contribution in [1.82, 2.24) is 9.80 Å². The van der Waals surface area contributed by atoms with E-state index in [1.165, 1.54) is 0 Å². The first kappa shape index (κ1) is 17.0. The van der Waals surface area contributed by atoms with Crippen LogP contribution in [0.4, 0.5) is 0 Å². The molecule has 0 bridgehead atoms. The summed E-state index contributed by atoms with van der Waals surface area (Å²) < 4.78 is 22.8. The van der Waals surface area contributed by atoms with Gasteiger partial charge in [0.1, 0.15) is 10.5 Å². The molecule has 0 radical (unpaired) electrons. The minimum Gasteiger partial charge on any atom is -0.454 e. The van der Waals surface area contributed by atoms with Crippen LogP contribution in [0.2, 0.25) is 0 Å². The lowest BCUT2D eigenvalue weighted by atomic mass is 10.1. The number of nitrogens with zero attached hydrogens (tertiary/aromatic N) is 2. The molecule has 6 nitrogen and oxygen atoms in total. The highest BCUT2D eigenvalue weighted by Gasteiger charge is 2.37. The molecular weight excluding hydrogens is 384 g/mol. The third-order valence-electron chi connectivity index (χ3n) is 5.00. The van der Waals surface area contributed by atoms with Crippen molar-refractivity contribution in [2.24, 2.45) is 0 Å². The molecule has 3 aliphatic heterocycles. The van der Waals surface area contributed by atoms with Gasteiger partial charge in [-0.1, -0.05) is 36.1 Å².